The van der Waals surface area contributed by atoms with Crippen molar-refractivity contribution in [1.82, 2.24) is 4.90 Å². The molecule has 2 nitrogen and oxygen atoms in total. The van der Waals surface area contributed by atoms with Gasteiger partial charge in [0.05, 0.1) is 6.54 Å². The van der Waals surface area contributed by atoms with Crippen molar-refractivity contribution in [1.29, 1.82) is 0 Å². The molecule has 0 spiro atoms. The van der Waals surface area contributed by atoms with Crippen LogP contribution in [0.1, 0.15) is 51.9 Å². The van der Waals surface area contributed by atoms with Crippen molar-refractivity contribution in [3.63, 3.8) is 0 Å². The molecule has 0 N–H and O–H groups in total. The molecule has 0 aromatic carbocycles. The lowest BCUT2D eigenvalue weighted by Crippen LogP contribution is -2.38. The van der Waals surface area contributed by atoms with Crippen LogP contribution in [0.4, 0.5) is 0 Å². The average Bonchev–Trinajstić information content (AvgIpc) is 2.62. The second-order valence-electron chi connectivity index (χ2n) is 5.16. The number of fused-ring (bicyclic) bond motifs is 1. The molecular weight excluding hydrogens is 186 g/mol. The van der Waals surface area contributed by atoms with E-state index in [1.807, 2.05) is 0 Å². The van der Waals surface area contributed by atoms with E-state index in [-0.39, 0.29) is 0 Å². The Labute approximate surface area is 93.0 Å². The smallest absolute Gasteiger partial charge is 0.146 e. The van der Waals surface area contributed by atoms with Crippen LogP contribution < -0.4 is 0 Å². The topological polar surface area (TPSA) is 20.3 Å². The van der Waals surface area contributed by atoms with Crippen molar-refractivity contribution < 1.29 is 4.79 Å². The Morgan fingerprint density at radius 1 is 1.27 bits per heavy atom. The van der Waals surface area contributed by atoms with Crippen LogP contribution in [0.15, 0.2) is 0 Å². The molecule has 2 heteroatoms. The van der Waals surface area contributed by atoms with Gasteiger partial charge in [0, 0.05) is 12.5 Å². The molecule has 2 unspecified atom stereocenters. The Bertz CT molecular complexity index is 227. The van der Waals surface area contributed by atoms with Crippen molar-refractivity contribution in [3.05, 3.63) is 0 Å². The van der Waals surface area contributed by atoms with Crippen molar-refractivity contribution in [2.24, 2.45) is 5.92 Å². The molecule has 1 aliphatic carbocycles. The van der Waals surface area contributed by atoms with Gasteiger partial charge in [-0.15, -0.1) is 0 Å². The molecule has 2 atom stereocenters. The highest BCUT2D eigenvalue weighted by atomic mass is 16.1. The zero-order valence-corrected chi connectivity index (χ0v) is 9.87. The Kier molecular flexibility index (Phi) is 3.79. The van der Waals surface area contributed by atoms with E-state index in [1.165, 1.54) is 38.6 Å². The molecule has 86 valence electrons. The minimum atomic E-state index is 0.448. The first-order valence-corrected chi connectivity index (χ1v) is 6.57. The Balaban J connectivity index is 1.85. The lowest BCUT2D eigenvalue weighted by molar-refractivity contribution is -0.120. The second-order valence-corrected chi connectivity index (χ2v) is 5.16. The maximum absolute atomic E-state index is 11.6. The van der Waals surface area contributed by atoms with Gasteiger partial charge in [0.1, 0.15) is 5.78 Å². The molecule has 1 aliphatic heterocycles. The highest BCUT2D eigenvalue weighted by Crippen LogP contribution is 2.35. The number of likely N-dealkylation sites (tertiary alicyclic amines) is 1. The van der Waals surface area contributed by atoms with E-state index >= 15 is 0 Å². The fourth-order valence-corrected chi connectivity index (χ4v) is 3.28. The van der Waals surface area contributed by atoms with Gasteiger partial charge in [-0.2, -0.15) is 0 Å². The van der Waals surface area contributed by atoms with Gasteiger partial charge in [0.2, 0.25) is 0 Å². The Morgan fingerprint density at radius 3 is 2.87 bits per heavy atom. The molecule has 2 fully saturated rings. The second kappa shape index (κ2) is 5.11. The lowest BCUT2D eigenvalue weighted by Gasteiger charge is -2.31. The molecule has 1 saturated heterocycles. The minimum absolute atomic E-state index is 0.448. The van der Waals surface area contributed by atoms with E-state index in [2.05, 4.69) is 11.8 Å². The Morgan fingerprint density at radius 2 is 2.07 bits per heavy atom. The van der Waals surface area contributed by atoms with Gasteiger partial charge in [-0.25, -0.2) is 0 Å². The largest absolute Gasteiger partial charge is 0.298 e. The van der Waals surface area contributed by atoms with Gasteiger partial charge in [-0.05, 0) is 38.1 Å². The summed E-state index contributed by atoms with van der Waals surface area (Å²) in [5, 5.41) is 0. The summed E-state index contributed by atoms with van der Waals surface area (Å²) in [5.41, 5.74) is 0. The van der Waals surface area contributed by atoms with E-state index in [1.54, 1.807) is 0 Å². The van der Waals surface area contributed by atoms with E-state index in [0.717, 1.165) is 31.3 Å². The molecule has 1 heterocycles. The molecule has 0 aromatic rings. The first-order valence-electron chi connectivity index (χ1n) is 6.57. The van der Waals surface area contributed by atoms with Gasteiger partial charge in [0.25, 0.3) is 0 Å². The number of carbonyl (C=O) groups is 1. The maximum atomic E-state index is 11.6. The average molecular weight is 209 g/mol. The standard InChI is InChI=1S/C13H23NO/c1-2-5-12(15)10-14-9-8-11-6-3-4-7-13(11)14/h11,13H,2-10H2,1H3. The van der Waals surface area contributed by atoms with Gasteiger partial charge in [-0.3, -0.25) is 9.69 Å². The molecule has 0 radical (unpaired) electrons. The summed E-state index contributed by atoms with van der Waals surface area (Å²) in [5.74, 6) is 1.36. The molecule has 1 saturated carbocycles. The number of nitrogens with zero attached hydrogens (tertiary/aromatic N) is 1. The summed E-state index contributed by atoms with van der Waals surface area (Å²) < 4.78 is 0. The van der Waals surface area contributed by atoms with Crippen LogP contribution >= 0.6 is 0 Å². The van der Waals surface area contributed by atoms with E-state index in [0.29, 0.717) is 5.78 Å². The number of rotatable bonds is 4. The summed E-state index contributed by atoms with van der Waals surface area (Å²) in [6.07, 6.45) is 8.64. The SMILES string of the molecule is CCCC(=O)CN1CCC2CCCCC21. The number of carbonyl (C=O) groups excluding carboxylic acids is 1. The summed E-state index contributed by atoms with van der Waals surface area (Å²) in [6.45, 7) is 3.99. The van der Waals surface area contributed by atoms with Crippen molar-refractivity contribution in [2.75, 3.05) is 13.1 Å². The van der Waals surface area contributed by atoms with Gasteiger partial charge >= 0.3 is 0 Å². The summed E-state index contributed by atoms with van der Waals surface area (Å²) in [4.78, 5) is 14.1. The van der Waals surface area contributed by atoms with E-state index < -0.39 is 0 Å². The van der Waals surface area contributed by atoms with Gasteiger partial charge in [0.15, 0.2) is 0 Å². The number of hydrogen-bond donors (Lipinski definition) is 0. The first-order chi connectivity index (χ1) is 7.31. The van der Waals surface area contributed by atoms with Gasteiger partial charge < -0.3 is 0 Å². The predicted molar refractivity (Wildman–Crippen MR) is 61.9 cm³/mol. The van der Waals surface area contributed by atoms with Crippen LogP contribution in [-0.2, 0) is 4.79 Å². The zero-order chi connectivity index (χ0) is 10.7. The van der Waals surface area contributed by atoms with Crippen LogP contribution in [0, 0.1) is 5.92 Å². The monoisotopic (exact) mass is 209 g/mol. The lowest BCUT2D eigenvalue weighted by atomic mass is 9.85. The van der Waals surface area contributed by atoms with Crippen molar-refractivity contribution in [3.8, 4) is 0 Å². The number of ketones is 1. The maximum Gasteiger partial charge on any atom is 0.146 e. The third-order valence-electron chi connectivity index (χ3n) is 4.03. The normalized spacial score (nSPS) is 31.5. The number of hydrogen-bond acceptors (Lipinski definition) is 2. The zero-order valence-electron chi connectivity index (χ0n) is 9.87. The molecule has 0 amide bonds. The van der Waals surface area contributed by atoms with E-state index in [4.69, 9.17) is 0 Å². The van der Waals surface area contributed by atoms with Crippen molar-refractivity contribution in [2.45, 2.75) is 57.9 Å². The highest BCUT2D eigenvalue weighted by Gasteiger charge is 2.35. The molecular formula is C13H23NO. The van der Waals surface area contributed by atoms with Crippen molar-refractivity contribution >= 4 is 5.78 Å². The Hall–Kier alpha value is -0.370. The molecule has 0 aromatic heterocycles. The van der Waals surface area contributed by atoms with Crippen LogP contribution in [0.3, 0.4) is 0 Å². The number of Topliss-reactive ketones (excluding diaryl/α,β-unsaturated/α-hetero) is 1. The summed E-state index contributed by atoms with van der Waals surface area (Å²) in [7, 11) is 0. The molecule has 15 heavy (non-hydrogen) atoms. The summed E-state index contributed by atoms with van der Waals surface area (Å²) >= 11 is 0. The quantitative estimate of drug-likeness (QED) is 0.709. The van der Waals surface area contributed by atoms with Crippen LogP contribution in [-0.4, -0.2) is 29.8 Å². The third-order valence-corrected chi connectivity index (χ3v) is 4.03. The van der Waals surface area contributed by atoms with E-state index in [9.17, 15) is 4.79 Å². The first kappa shape index (κ1) is 11.1. The highest BCUT2D eigenvalue weighted by molar-refractivity contribution is 5.80. The van der Waals surface area contributed by atoms with Crippen LogP contribution in [0.2, 0.25) is 0 Å². The fourth-order valence-electron chi connectivity index (χ4n) is 3.28. The van der Waals surface area contributed by atoms with Crippen LogP contribution in [0.5, 0.6) is 0 Å². The fraction of sp³-hybridized carbons (Fsp3) is 0.923. The van der Waals surface area contributed by atoms with Crippen LogP contribution in [0.25, 0.3) is 0 Å². The minimum Gasteiger partial charge on any atom is -0.298 e. The molecule has 2 rings (SSSR count). The third kappa shape index (κ3) is 2.60. The molecule has 0 bridgehead atoms. The predicted octanol–water partition coefficient (Wildman–Crippen LogP) is 2.62. The summed E-state index contributed by atoms with van der Waals surface area (Å²) in [6, 6.07) is 0.750. The molecule has 2 aliphatic rings. The van der Waals surface area contributed by atoms with Gasteiger partial charge in [-0.1, -0.05) is 19.8 Å².